The van der Waals surface area contributed by atoms with Crippen LogP contribution in [0.15, 0.2) is 17.5 Å². The van der Waals surface area contributed by atoms with Crippen LogP contribution in [-0.4, -0.2) is 64.9 Å². The van der Waals surface area contributed by atoms with Crippen LogP contribution in [0.1, 0.15) is 62.4 Å². The van der Waals surface area contributed by atoms with Crippen LogP contribution < -0.4 is 5.32 Å². The van der Waals surface area contributed by atoms with Gasteiger partial charge in [0, 0.05) is 19.1 Å². The molecule has 164 valence electrons. The molecule has 7 heteroatoms. The lowest BCUT2D eigenvalue weighted by molar-refractivity contribution is -0.133. The van der Waals surface area contributed by atoms with Gasteiger partial charge in [-0.3, -0.25) is 9.59 Å². The Bertz CT molecular complexity index is 910. The van der Waals surface area contributed by atoms with Crippen LogP contribution in [0, 0.1) is 0 Å². The summed E-state index contributed by atoms with van der Waals surface area (Å²) < 4.78 is 3.16. The van der Waals surface area contributed by atoms with Crippen LogP contribution in [0.5, 0.6) is 0 Å². The second kappa shape index (κ2) is 8.71. The Hall–Kier alpha value is -1.86. The van der Waals surface area contributed by atoms with E-state index in [9.17, 15) is 9.59 Å². The van der Waals surface area contributed by atoms with E-state index in [0.29, 0.717) is 18.8 Å². The third-order valence-corrected chi connectivity index (χ3v) is 7.60. The Labute approximate surface area is 183 Å². The molecule has 0 bridgehead atoms. The van der Waals surface area contributed by atoms with Gasteiger partial charge in [0.1, 0.15) is 11.2 Å². The number of hydrogen-bond donors (Lipinski definition) is 1. The predicted octanol–water partition coefficient (Wildman–Crippen LogP) is 3.71. The molecule has 0 radical (unpaired) electrons. The van der Waals surface area contributed by atoms with E-state index in [1.54, 1.807) is 11.3 Å². The Morgan fingerprint density at radius 1 is 1.23 bits per heavy atom. The third kappa shape index (κ3) is 4.02. The zero-order valence-electron chi connectivity index (χ0n) is 18.4. The first-order valence-electron chi connectivity index (χ1n) is 11.2. The molecule has 0 aromatic carbocycles. The van der Waals surface area contributed by atoms with Crippen molar-refractivity contribution in [2.24, 2.45) is 0 Å². The molecule has 1 fully saturated rings. The standard InChI is InChI=1S/C23H34N4O2S/c1-23(22(29)24-17-9-7-5-4-6-8-10-17)16-26-18-11-14-30-20(18)15-19(26)21(28)27(23)13-12-25(2)3/h11,14-15,17H,4-10,12-13,16H2,1-3H3,(H,24,29)/t23-/m0/s1. The second-order valence-electron chi connectivity index (χ2n) is 9.34. The highest BCUT2D eigenvalue weighted by atomic mass is 32.1. The predicted molar refractivity (Wildman–Crippen MR) is 122 cm³/mol. The molecule has 2 aliphatic rings. The number of carbonyl (C=O) groups excluding carboxylic acids is 2. The number of nitrogens with zero attached hydrogens (tertiary/aromatic N) is 3. The van der Waals surface area contributed by atoms with Gasteiger partial charge in [-0.1, -0.05) is 32.1 Å². The Kier molecular flexibility index (Phi) is 6.21. The molecule has 2 aromatic heterocycles. The average molecular weight is 431 g/mol. The van der Waals surface area contributed by atoms with Crippen LogP contribution in [0.3, 0.4) is 0 Å². The van der Waals surface area contributed by atoms with Crippen molar-refractivity contribution in [2.45, 2.75) is 70.0 Å². The number of thiophene rings is 1. The highest BCUT2D eigenvalue weighted by molar-refractivity contribution is 7.17. The van der Waals surface area contributed by atoms with Crippen molar-refractivity contribution in [1.29, 1.82) is 0 Å². The molecular weight excluding hydrogens is 396 g/mol. The van der Waals surface area contributed by atoms with Gasteiger partial charge < -0.3 is 19.7 Å². The normalized spacial score (nSPS) is 23.5. The molecule has 6 nitrogen and oxygen atoms in total. The first kappa shape index (κ1) is 21.4. The summed E-state index contributed by atoms with van der Waals surface area (Å²) in [6.07, 6.45) is 8.22. The molecular formula is C23H34N4O2S. The summed E-state index contributed by atoms with van der Waals surface area (Å²) >= 11 is 1.64. The van der Waals surface area contributed by atoms with Gasteiger partial charge >= 0.3 is 0 Å². The molecule has 1 N–H and O–H groups in total. The fourth-order valence-electron chi connectivity index (χ4n) is 4.86. The molecule has 4 rings (SSSR count). The average Bonchev–Trinajstić information content (AvgIpc) is 3.25. The Morgan fingerprint density at radius 3 is 2.63 bits per heavy atom. The van der Waals surface area contributed by atoms with Gasteiger partial charge in [0.15, 0.2) is 0 Å². The summed E-state index contributed by atoms with van der Waals surface area (Å²) in [7, 11) is 4.00. The molecule has 2 amide bonds. The van der Waals surface area contributed by atoms with Crippen molar-refractivity contribution in [3.8, 4) is 0 Å². The van der Waals surface area contributed by atoms with Crippen molar-refractivity contribution in [1.82, 2.24) is 19.7 Å². The largest absolute Gasteiger partial charge is 0.351 e. The number of carbonyl (C=O) groups is 2. The Balaban J connectivity index is 1.63. The van der Waals surface area contributed by atoms with E-state index in [4.69, 9.17) is 0 Å². The van der Waals surface area contributed by atoms with Crippen molar-refractivity contribution in [3.05, 3.63) is 23.2 Å². The van der Waals surface area contributed by atoms with Gasteiger partial charge in [-0.15, -0.1) is 11.3 Å². The molecule has 0 spiro atoms. The first-order valence-corrected chi connectivity index (χ1v) is 12.1. The topological polar surface area (TPSA) is 57.6 Å². The van der Waals surface area contributed by atoms with Gasteiger partial charge in [0.2, 0.25) is 5.91 Å². The van der Waals surface area contributed by atoms with E-state index in [0.717, 1.165) is 29.6 Å². The highest BCUT2D eigenvalue weighted by Crippen LogP contribution is 2.34. The number of nitrogens with one attached hydrogen (secondary N) is 1. The number of amides is 2. The summed E-state index contributed by atoms with van der Waals surface area (Å²) in [5, 5.41) is 5.39. The monoisotopic (exact) mass is 430 g/mol. The van der Waals surface area contributed by atoms with E-state index >= 15 is 0 Å². The fourth-order valence-corrected chi connectivity index (χ4v) is 5.69. The molecule has 1 aliphatic heterocycles. The smallest absolute Gasteiger partial charge is 0.271 e. The molecule has 3 heterocycles. The second-order valence-corrected chi connectivity index (χ2v) is 10.3. The summed E-state index contributed by atoms with van der Waals surface area (Å²) in [6.45, 7) is 3.71. The minimum Gasteiger partial charge on any atom is -0.351 e. The van der Waals surface area contributed by atoms with E-state index in [1.165, 1.54) is 32.1 Å². The van der Waals surface area contributed by atoms with E-state index in [2.05, 4.69) is 20.9 Å². The Morgan fingerprint density at radius 2 is 1.93 bits per heavy atom. The summed E-state index contributed by atoms with van der Waals surface area (Å²) in [6, 6.07) is 4.25. The minimum absolute atomic E-state index is 0.0112. The van der Waals surface area contributed by atoms with E-state index in [1.807, 2.05) is 37.4 Å². The minimum atomic E-state index is -0.893. The van der Waals surface area contributed by atoms with Crippen LogP contribution in [0.2, 0.25) is 0 Å². The quantitative estimate of drug-likeness (QED) is 0.787. The lowest BCUT2D eigenvalue weighted by Crippen LogP contribution is -2.65. The van der Waals surface area contributed by atoms with Crippen molar-refractivity contribution >= 4 is 33.4 Å². The van der Waals surface area contributed by atoms with E-state index < -0.39 is 5.54 Å². The maximum atomic E-state index is 13.7. The molecule has 1 aliphatic carbocycles. The van der Waals surface area contributed by atoms with Crippen LogP contribution in [0.25, 0.3) is 10.2 Å². The summed E-state index contributed by atoms with van der Waals surface area (Å²) in [4.78, 5) is 31.1. The number of rotatable bonds is 5. The van der Waals surface area contributed by atoms with Crippen molar-refractivity contribution in [2.75, 3.05) is 27.2 Å². The van der Waals surface area contributed by atoms with Gasteiger partial charge in [0.25, 0.3) is 5.91 Å². The van der Waals surface area contributed by atoms with Crippen molar-refractivity contribution in [3.63, 3.8) is 0 Å². The van der Waals surface area contributed by atoms with Crippen molar-refractivity contribution < 1.29 is 9.59 Å². The molecule has 30 heavy (non-hydrogen) atoms. The zero-order chi connectivity index (χ0) is 21.3. The van der Waals surface area contributed by atoms with Gasteiger partial charge in [0.05, 0.1) is 16.8 Å². The maximum absolute atomic E-state index is 13.7. The molecule has 0 unspecified atom stereocenters. The number of fused-ring (bicyclic) bond motifs is 3. The zero-order valence-corrected chi connectivity index (χ0v) is 19.3. The molecule has 1 saturated carbocycles. The molecule has 0 saturated heterocycles. The molecule has 1 atom stereocenters. The van der Waals surface area contributed by atoms with Crippen LogP contribution in [-0.2, 0) is 11.3 Å². The third-order valence-electron chi connectivity index (χ3n) is 6.75. The number of aromatic nitrogens is 1. The summed E-state index contributed by atoms with van der Waals surface area (Å²) in [5.74, 6) is -0.0512. The van der Waals surface area contributed by atoms with Gasteiger partial charge in [-0.25, -0.2) is 0 Å². The maximum Gasteiger partial charge on any atom is 0.271 e. The highest BCUT2D eigenvalue weighted by Gasteiger charge is 2.48. The SMILES string of the molecule is CN(C)CCN1C(=O)c2cc3sccc3n2C[C@@]1(C)C(=O)NC1CCCCCCC1. The van der Waals surface area contributed by atoms with E-state index in [-0.39, 0.29) is 17.9 Å². The van der Waals surface area contributed by atoms with Gasteiger partial charge in [-0.2, -0.15) is 0 Å². The van der Waals surface area contributed by atoms with Gasteiger partial charge in [-0.05, 0) is 51.4 Å². The summed E-state index contributed by atoms with van der Waals surface area (Å²) in [5.41, 5.74) is 0.864. The van der Waals surface area contributed by atoms with Crippen LogP contribution >= 0.6 is 11.3 Å². The fraction of sp³-hybridized carbons (Fsp3) is 0.652. The number of likely N-dealkylation sites (N-methyl/N-ethyl adjacent to an activating group) is 1. The molecule has 2 aromatic rings. The van der Waals surface area contributed by atoms with Crippen LogP contribution in [0.4, 0.5) is 0 Å². The lowest BCUT2D eigenvalue weighted by atomic mass is 9.92. The lowest BCUT2D eigenvalue weighted by Gasteiger charge is -2.45. The number of hydrogen-bond acceptors (Lipinski definition) is 4. The first-order chi connectivity index (χ1) is 14.4.